The van der Waals surface area contributed by atoms with E-state index in [0.717, 1.165) is 0 Å². The first-order chi connectivity index (χ1) is 15.8. The van der Waals surface area contributed by atoms with Crippen LogP contribution in [0.4, 0.5) is 0 Å². The quantitative estimate of drug-likeness (QED) is 0.165. The number of nitrogens with two attached hydrogens (primary N) is 3. The Hall–Kier alpha value is -0.560. The molecule has 200 valence electrons. The van der Waals surface area contributed by atoms with Gasteiger partial charge in [-0.05, 0) is 27.3 Å². The molecule has 0 bridgehead atoms. The van der Waals surface area contributed by atoms with Gasteiger partial charge in [0.25, 0.3) is 0 Å². The highest BCUT2D eigenvalue weighted by molar-refractivity contribution is 5.02. The summed E-state index contributed by atoms with van der Waals surface area (Å²) in [6.07, 6.45) is -12.4. The molecule has 0 aromatic rings. The Morgan fingerprint density at radius 2 is 1.50 bits per heavy atom. The van der Waals surface area contributed by atoms with Crippen LogP contribution in [-0.2, 0) is 18.9 Å². The predicted molar refractivity (Wildman–Crippen MR) is 116 cm³/mol. The Labute approximate surface area is 197 Å². The molecule has 2 heterocycles. The summed E-state index contributed by atoms with van der Waals surface area (Å²) in [7, 11) is 1.58. The number of rotatable bonds is 6. The van der Waals surface area contributed by atoms with E-state index in [1.165, 1.54) is 13.8 Å². The molecule has 1 aliphatic carbocycles. The highest BCUT2D eigenvalue weighted by Gasteiger charge is 2.52. The van der Waals surface area contributed by atoms with E-state index in [9.17, 15) is 30.6 Å². The molecule has 0 spiro atoms. The summed E-state index contributed by atoms with van der Waals surface area (Å²) in [5.74, 6) is 0. The van der Waals surface area contributed by atoms with Gasteiger partial charge in [-0.2, -0.15) is 0 Å². The van der Waals surface area contributed by atoms with Gasteiger partial charge in [-0.3, -0.25) is 0 Å². The fourth-order valence-corrected chi connectivity index (χ4v) is 4.95. The van der Waals surface area contributed by atoms with Crippen LogP contribution in [0.3, 0.4) is 0 Å². The summed E-state index contributed by atoms with van der Waals surface area (Å²) in [6, 6.07) is -3.47. The third kappa shape index (κ3) is 5.40. The minimum absolute atomic E-state index is 0.135. The summed E-state index contributed by atoms with van der Waals surface area (Å²) in [6.45, 7) is 2.75. The number of aliphatic hydroxyl groups excluding tert-OH is 5. The van der Waals surface area contributed by atoms with Crippen molar-refractivity contribution in [1.82, 2.24) is 5.32 Å². The van der Waals surface area contributed by atoms with Crippen LogP contribution >= 0.6 is 0 Å². The van der Waals surface area contributed by atoms with Crippen LogP contribution in [0.5, 0.6) is 0 Å². The van der Waals surface area contributed by atoms with Crippen LogP contribution in [0.25, 0.3) is 0 Å². The van der Waals surface area contributed by atoms with Crippen LogP contribution < -0.4 is 22.5 Å². The van der Waals surface area contributed by atoms with Gasteiger partial charge in [-0.25, -0.2) is 0 Å². The van der Waals surface area contributed by atoms with Crippen LogP contribution in [0, 0.1) is 0 Å². The second-order valence-electron chi connectivity index (χ2n) is 9.82. The van der Waals surface area contributed by atoms with Gasteiger partial charge in [0.05, 0.1) is 24.8 Å². The summed E-state index contributed by atoms with van der Waals surface area (Å²) in [4.78, 5) is 0. The van der Waals surface area contributed by atoms with Gasteiger partial charge in [0, 0.05) is 12.1 Å². The zero-order valence-corrected chi connectivity index (χ0v) is 19.5. The maximum Gasteiger partial charge on any atom is 0.185 e. The molecule has 13 N–H and O–H groups in total. The van der Waals surface area contributed by atoms with E-state index in [0.29, 0.717) is 0 Å². The maximum atomic E-state index is 11.1. The molecule has 15 atom stereocenters. The molecule has 0 aromatic heterocycles. The summed E-state index contributed by atoms with van der Waals surface area (Å²) in [5.41, 5.74) is 17.0. The lowest BCUT2D eigenvalue weighted by Gasteiger charge is -2.49. The zero-order valence-electron chi connectivity index (χ0n) is 19.5. The van der Waals surface area contributed by atoms with E-state index >= 15 is 0 Å². The summed E-state index contributed by atoms with van der Waals surface area (Å²) in [5, 5.41) is 65.2. The van der Waals surface area contributed by atoms with Crippen LogP contribution in [-0.4, -0.2) is 135 Å². The second kappa shape index (κ2) is 10.8. The molecule has 1 saturated carbocycles. The number of ether oxygens (including phenoxy) is 4. The maximum absolute atomic E-state index is 11.1. The van der Waals surface area contributed by atoms with Crippen LogP contribution in [0.2, 0.25) is 0 Å². The highest BCUT2D eigenvalue weighted by atomic mass is 16.7. The Balaban J connectivity index is 1.73. The predicted octanol–water partition coefficient (Wildman–Crippen LogP) is -5.61. The molecule has 0 radical (unpaired) electrons. The number of aliphatic hydroxyl groups is 6. The minimum atomic E-state index is -1.46. The number of hydrogen-bond acceptors (Lipinski definition) is 14. The molecule has 14 nitrogen and oxygen atoms in total. The fourth-order valence-electron chi connectivity index (χ4n) is 4.95. The largest absolute Gasteiger partial charge is 0.391 e. The Kier molecular flexibility index (Phi) is 8.92. The molecule has 14 heteroatoms. The average molecular weight is 497 g/mol. The lowest BCUT2D eigenvalue weighted by Crippen LogP contribution is -2.69. The third-order valence-corrected chi connectivity index (χ3v) is 6.95. The smallest absolute Gasteiger partial charge is 0.185 e. The van der Waals surface area contributed by atoms with Crippen molar-refractivity contribution >= 4 is 0 Å². The van der Waals surface area contributed by atoms with E-state index in [1.807, 2.05) is 0 Å². The van der Waals surface area contributed by atoms with Crippen LogP contribution in [0.15, 0.2) is 0 Å². The lowest BCUT2D eigenvalue weighted by molar-refractivity contribution is -0.319. The topological polar surface area (TPSA) is 248 Å². The summed E-state index contributed by atoms with van der Waals surface area (Å²) >= 11 is 0. The van der Waals surface area contributed by atoms with Gasteiger partial charge < -0.3 is 72.1 Å². The van der Waals surface area contributed by atoms with Crippen molar-refractivity contribution < 1.29 is 49.6 Å². The van der Waals surface area contributed by atoms with Gasteiger partial charge in [-0.15, -0.1) is 0 Å². The standard InChI is InChI=1S/C20H40N4O10/c1-6(25)14-11(27)10(26)9(23)18(32-14)33-15-7(21)4-8(22)16(12(15)28)34-19-13(29)17(24-3)20(2,30)5-31-19/h6-19,24-30H,4-5,21-23H2,1-3H3/t6-,7-,8+,9+,10+,11-,12-,13-,14+,15-,16-,17+,18+,19+,20-/m0/s1. The molecule has 3 fully saturated rings. The van der Waals surface area contributed by atoms with Crippen LogP contribution in [0.1, 0.15) is 20.3 Å². The van der Waals surface area contributed by atoms with Crippen molar-refractivity contribution in [3.05, 3.63) is 0 Å². The lowest BCUT2D eigenvalue weighted by atomic mass is 9.84. The van der Waals surface area contributed by atoms with E-state index in [-0.39, 0.29) is 13.0 Å². The molecule has 2 aliphatic heterocycles. The third-order valence-electron chi connectivity index (χ3n) is 6.95. The molecule has 0 unspecified atom stereocenters. The molecule has 0 aromatic carbocycles. The van der Waals surface area contributed by atoms with Gasteiger partial charge in [-0.1, -0.05) is 0 Å². The van der Waals surface area contributed by atoms with Crippen molar-refractivity contribution in [1.29, 1.82) is 0 Å². The zero-order chi connectivity index (χ0) is 25.5. The van der Waals surface area contributed by atoms with Crippen molar-refractivity contribution in [2.75, 3.05) is 13.7 Å². The van der Waals surface area contributed by atoms with E-state index in [4.69, 9.17) is 36.1 Å². The fraction of sp³-hybridized carbons (Fsp3) is 1.00. The normalized spacial score (nSPS) is 53.5. The molecule has 34 heavy (non-hydrogen) atoms. The molecule has 2 saturated heterocycles. The van der Waals surface area contributed by atoms with Crippen molar-refractivity contribution in [3.63, 3.8) is 0 Å². The Morgan fingerprint density at radius 3 is 2.03 bits per heavy atom. The molecular weight excluding hydrogens is 456 g/mol. The van der Waals surface area contributed by atoms with Gasteiger partial charge in [0.15, 0.2) is 12.6 Å². The van der Waals surface area contributed by atoms with Gasteiger partial charge in [0.1, 0.15) is 48.3 Å². The molecule has 0 amide bonds. The van der Waals surface area contributed by atoms with Crippen molar-refractivity contribution in [3.8, 4) is 0 Å². The highest BCUT2D eigenvalue weighted by Crippen LogP contribution is 2.32. The summed E-state index contributed by atoms with van der Waals surface area (Å²) < 4.78 is 22.8. The molecule has 3 rings (SSSR count). The first kappa shape index (κ1) is 28.0. The van der Waals surface area contributed by atoms with Gasteiger partial charge >= 0.3 is 0 Å². The van der Waals surface area contributed by atoms with Crippen molar-refractivity contribution in [2.45, 2.75) is 111 Å². The minimum Gasteiger partial charge on any atom is -0.391 e. The SMILES string of the molecule is CN[C@@H]1[C@H](O)[C@@H](O[C@@H]2[C@@H](O)[C@@H](O[C@H]3O[C@H]([C@H](C)O)[C@@H](O)[C@H](O)[C@H]3N)[C@@H](N)C[C@H]2N)OC[C@]1(C)O. The Morgan fingerprint density at radius 1 is 0.941 bits per heavy atom. The molecule has 3 aliphatic rings. The molecular formula is C20H40N4O10. The second-order valence-corrected chi connectivity index (χ2v) is 9.82. The van der Waals surface area contributed by atoms with E-state index in [2.05, 4.69) is 5.32 Å². The van der Waals surface area contributed by atoms with Crippen molar-refractivity contribution in [2.24, 2.45) is 17.2 Å². The number of nitrogens with one attached hydrogen (secondary N) is 1. The van der Waals surface area contributed by atoms with E-state index < -0.39 is 91.2 Å². The first-order valence-corrected chi connectivity index (χ1v) is 11.4. The van der Waals surface area contributed by atoms with E-state index in [1.54, 1.807) is 7.05 Å². The number of likely N-dealkylation sites (N-methyl/N-ethyl adjacent to an activating group) is 1. The average Bonchev–Trinajstić information content (AvgIpc) is 2.75. The monoisotopic (exact) mass is 496 g/mol. The first-order valence-electron chi connectivity index (χ1n) is 11.4. The Bertz CT molecular complexity index is 675. The van der Waals surface area contributed by atoms with Gasteiger partial charge in [0.2, 0.25) is 0 Å². The number of hydrogen-bond donors (Lipinski definition) is 10.